The molecule has 1 heterocycles. The third-order valence-electron chi connectivity index (χ3n) is 2.94. The van der Waals surface area contributed by atoms with Crippen molar-refractivity contribution in [1.29, 1.82) is 0 Å². The first-order valence-corrected chi connectivity index (χ1v) is 5.21. The molecule has 1 rings (SSSR count). The number of nitrogens with one attached hydrogen (secondary N) is 1. The summed E-state index contributed by atoms with van der Waals surface area (Å²) in [6.45, 7) is 10.7. The summed E-state index contributed by atoms with van der Waals surface area (Å²) in [5.41, 5.74) is 0.304. The van der Waals surface area contributed by atoms with Crippen molar-refractivity contribution in [3.8, 4) is 0 Å². The number of hydrogen-bond donors (Lipinski definition) is 1. The maximum Gasteiger partial charge on any atom is 0.243 e. The number of amides is 1. The van der Waals surface area contributed by atoms with Crippen LogP contribution < -0.4 is 5.32 Å². The van der Waals surface area contributed by atoms with Gasteiger partial charge in [-0.1, -0.05) is 6.58 Å². The van der Waals surface area contributed by atoms with Gasteiger partial charge < -0.3 is 5.32 Å². The molecule has 0 bridgehead atoms. The zero-order chi connectivity index (χ0) is 10.6. The van der Waals surface area contributed by atoms with Crippen LogP contribution in [0.2, 0.25) is 0 Å². The van der Waals surface area contributed by atoms with Gasteiger partial charge in [-0.25, -0.2) is 0 Å². The highest BCUT2D eigenvalue weighted by molar-refractivity contribution is 5.86. The smallest absolute Gasteiger partial charge is 0.243 e. The van der Waals surface area contributed by atoms with Crippen LogP contribution in [-0.2, 0) is 4.79 Å². The van der Waals surface area contributed by atoms with E-state index < -0.39 is 0 Å². The number of likely N-dealkylation sites (tertiary alicyclic amines) is 1. The van der Waals surface area contributed by atoms with Gasteiger partial charge >= 0.3 is 0 Å². The average Bonchev–Trinajstić information content (AvgIpc) is 2.45. The molecular weight excluding hydrogens is 176 g/mol. The molecule has 0 aromatic rings. The molecule has 1 N–H and O–H groups in total. The zero-order valence-corrected chi connectivity index (χ0v) is 9.18. The van der Waals surface area contributed by atoms with Crippen molar-refractivity contribution in [2.75, 3.05) is 19.6 Å². The summed E-state index contributed by atoms with van der Waals surface area (Å²) in [6.07, 6.45) is 3.83. The third-order valence-corrected chi connectivity index (χ3v) is 2.94. The SMILES string of the molecule is C=CC(=O)NCCN1CCCC1(C)C. The van der Waals surface area contributed by atoms with Gasteiger partial charge in [0.2, 0.25) is 5.91 Å². The highest BCUT2D eigenvalue weighted by atomic mass is 16.1. The van der Waals surface area contributed by atoms with Crippen LogP contribution in [0, 0.1) is 0 Å². The molecule has 0 spiro atoms. The molecule has 0 aromatic heterocycles. The summed E-state index contributed by atoms with van der Waals surface area (Å²) in [5.74, 6) is -0.0815. The minimum Gasteiger partial charge on any atom is -0.351 e. The number of carbonyl (C=O) groups excluding carboxylic acids is 1. The van der Waals surface area contributed by atoms with Crippen LogP contribution >= 0.6 is 0 Å². The lowest BCUT2D eigenvalue weighted by Gasteiger charge is -2.31. The molecule has 0 atom stereocenters. The summed E-state index contributed by atoms with van der Waals surface area (Å²) in [7, 11) is 0. The molecule has 1 fully saturated rings. The molecule has 80 valence electrons. The first kappa shape index (κ1) is 11.2. The van der Waals surface area contributed by atoms with Gasteiger partial charge in [0.25, 0.3) is 0 Å². The molecule has 1 amide bonds. The van der Waals surface area contributed by atoms with Crippen molar-refractivity contribution in [3.05, 3.63) is 12.7 Å². The van der Waals surface area contributed by atoms with Crippen LogP contribution in [0.1, 0.15) is 26.7 Å². The fourth-order valence-corrected chi connectivity index (χ4v) is 1.96. The minimum absolute atomic E-state index is 0.0815. The van der Waals surface area contributed by atoms with E-state index in [2.05, 4.69) is 30.6 Å². The lowest BCUT2D eigenvalue weighted by atomic mass is 10.0. The predicted octanol–water partition coefficient (Wildman–Crippen LogP) is 1.16. The van der Waals surface area contributed by atoms with Crippen LogP contribution in [-0.4, -0.2) is 36.0 Å². The molecule has 3 nitrogen and oxygen atoms in total. The van der Waals surface area contributed by atoms with E-state index in [-0.39, 0.29) is 5.91 Å². The Morgan fingerprint density at radius 3 is 2.86 bits per heavy atom. The number of carbonyl (C=O) groups is 1. The lowest BCUT2D eigenvalue weighted by molar-refractivity contribution is -0.116. The first-order chi connectivity index (χ1) is 6.56. The molecule has 14 heavy (non-hydrogen) atoms. The van der Waals surface area contributed by atoms with Crippen molar-refractivity contribution in [1.82, 2.24) is 10.2 Å². The highest BCUT2D eigenvalue weighted by Gasteiger charge is 2.30. The molecule has 0 aliphatic carbocycles. The van der Waals surface area contributed by atoms with Gasteiger partial charge in [0.05, 0.1) is 0 Å². The van der Waals surface area contributed by atoms with Crippen LogP contribution in [0.3, 0.4) is 0 Å². The van der Waals surface area contributed by atoms with Gasteiger partial charge in [-0.05, 0) is 39.3 Å². The van der Waals surface area contributed by atoms with Crippen molar-refractivity contribution in [2.24, 2.45) is 0 Å². The first-order valence-electron chi connectivity index (χ1n) is 5.21. The maximum atomic E-state index is 10.9. The van der Waals surface area contributed by atoms with E-state index in [1.54, 1.807) is 0 Å². The van der Waals surface area contributed by atoms with E-state index in [1.807, 2.05) is 0 Å². The van der Waals surface area contributed by atoms with Gasteiger partial charge in [-0.3, -0.25) is 9.69 Å². The van der Waals surface area contributed by atoms with E-state index in [4.69, 9.17) is 0 Å². The zero-order valence-electron chi connectivity index (χ0n) is 9.18. The highest BCUT2D eigenvalue weighted by Crippen LogP contribution is 2.27. The molecule has 1 saturated heterocycles. The van der Waals surface area contributed by atoms with E-state index in [9.17, 15) is 4.79 Å². The van der Waals surface area contributed by atoms with E-state index in [0.29, 0.717) is 12.1 Å². The fourth-order valence-electron chi connectivity index (χ4n) is 1.96. The Hall–Kier alpha value is -0.830. The Morgan fingerprint density at radius 1 is 1.64 bits per heavy atom. The summed E-state index contributed by atoms with van der Waals surface area (Å²) in [6, 6.07) is 0. The largest absolute Gasteiger partial charge is 0.351 e. The second kappa shape index (κ2) is 4.60. The van der Waals surface area contributed by atoms with Crippen LogP contribution in [0.4, 0.5) is 0 Å². The summed E-state index contributed by atoms with van der Waals surface area (Å²) in [4.78, 5) is 13.3. The molecule has 0 aromatic carbocycles. The maximum absolute atomic E-state index is 10.9. The molecule has 0 saturated carbocycles. The van der Waals surface area contributed by atoms with Gasteiger partial charge in [0, 0.05) is 18.6 Å². The van der Waals surface area contributed by atoms with Crippen molar-refractivity contribution in [3.63, 3.8) is 0 Å². The molecule has 3 heteroatoms. The fraction of sp³-hybridized carbons (Fsp3) is 0.727. The molecule has 1 aliphatic rings. The van der Waals surface area contributed by atoms with Gasteiger partial charge in [0.1, 0.15) is 0 Å². The van der Waals surface area contributed by atoms with Crippen LogP contribution in [0.25, 0.3) is 0 Å². The summed E-state index contributed by atoms with van der Waals surface area (Å²) >= 11 is 0. The Labute approximate surface area is 86.2 Å². The van der Waals surface area contributed by atoms with E-state index in [1.165, 1.54) is 18.9 Å². The molecule has 1 aliphatic heterocycles. The lowest BCUT2D eigenvalue weighted by Crippen LogP contribution is -2.42. The normalized spacial score (nSPS) is 20.7. The quantitative estimate of drug-likeness (QED) is 0.684. The van der Waals surface area contributed by atoms with Crippen molar-refractivity contribution in [2.45, 2.75) is 32.2 Å². The van der Waals surface area contributed by atoms with Gasteiger partial charge in [-0.2, -0.15) is 0 Å². The average molecular weight is 196 g/mol. The topological polar surface area (TPSA) is 32.3 Å². The van der Waals surface area contributed by atoms with Gasteiger partial charge in [0.15, 0.2) is 0 Å². The van der Waals surface area contributed by atoms with Gasteiger partial charge in [-0.15, -0.1) is 0 Å². The third kappa shape index (κ3) is 2.84. The monoisotopic (exact) mass is 196 g/mol. The Morgan fingerprint density at radius 2 is 2.36 bits per heavy atom. The number of hydrogen-bond acceptors (Lipinski definition) is 2. The standard InChI is InChI=1S/C11H20N2O/c1-4-10(14)12-7-9-13-8-5-6-11(13,2)3/h4H,1,5-9H2,2-3H3,(H,12,14). The number of nitrogens with zero attached hydrogens (tertiary/aromatic N) is 1. The molecule has 0 radical (unpaired) electrons. The predicted molar refractivity (Wildman–Crippen MR) is 58.1 cm³/mol. The Balaban J connectivity index is 2.24. The summed E-state index contributed by atoms with van der Waals surface area (Å²) < 4.78 is 0. The Kier molecular flexibility index (Phi) is 3.69. The Bertz CT molecular complexity index is 223. The van der Waals surface area contributed by atoms with E-state index in [0.717, 1.165) is 13.1 Å². The second-order valence-corrected chi connectivity index (χ2v) is 4.40. The minimum atomic E-state index is -0.0815. The van der Waals surface area contributed by atoms with Crippen molar-refractivity contribution < 1.29 is 4.79 Å². The number of rotatable bonds is 4. The van der Waals surface area contributed by atoms with Crippen LogP contribution in [0.15, 0.2) is 12.7 Å². The van der Waals surface area contributed by atoms with Crippen LogP contribution in [0.5, 0.6) is 0 Å². The second-order valence-electron chi connectivity index (χ2n) is 4.40. The molecule has 0 unspecified atom stereocenters. The molecular formula is C11H20N2O. The van der Waals surface area contributed by atoms with E-state index >= 15 is 0 Å². The summed E-state index contributed by atoms with van der Waals surface area (Å²) in [5, 5.41) is 2.80. The van der Waals surface area contributed by atoms with Crippen molar-refractivity contribution >= 4 is 5.91 Å².